The highest BCUT2D eigenvalue weighted by Gasteiger charge is 2.13. The number of hydrogen-bond donors (Lipinski definition) is 1. The molecule has 6 heteroatoms. The lowest BCUT2D eigenvalue weighted by Gasteiger charge is -2.21. The van der Waals surface area contributed by atoms with Crippen molar-refractivity contribution in [2.45, 2.75) is 38.2 Å². The normalized spacial score (nSPS) is 15.2. The van der Waals surface area contributed by atoms with Gasteiger partial charge in [0.25, 0.3) is 0 Å². The van der Waals surface area contributed by atoms with Gasteiger partial charge in [0, 0.05) is 12.7 Å². The molecule has 0 spiro atoms. The van der Waals surface area contributed by atoms with Crippen LogP contribution in [0.25, 0.3) is 0 Å². The molecule has 128 valence electrons. The molecule has 0 saturated heterocycles. The smallest absolute Gasteiger partial charge is 0.345 e. The molecule has 1 aliphatic rings. The van der Waals surface area contributed by atoms with E-state index in [4.69, 9.17) is 14.3 Å². The van der Waals surface area contributed by atoms with Crippen molar-refractivity contribution in [1.82, 2.24) is 5.06 Å². The van der Waals surface area contributed by atoms with Gasteiger partial charge in [-0.15, -0.1) is 0 Å². The first kappa shape index (κ1) is 17.6. The number of hydrogen-bond acceptors (Lipinski definition) is 4. The van der Waals surface area contributed by atoms with Crippen molar-refractivity contribution >= 4 is 11.7 Å². The van der Waals surface area contributed by atoms with Gasteiger partial charge in [0.2, 0.25) is 0 Å². The monoisotopic (exact) mass is 322 g/mol. The van der Waals surface area contributed by atoms with Gasteiger partial charge in [-0.3, -0.25) is 4.84 Å². The van der Waals surface area contributed by atoms with Crippen molar-refractivity contribution in [1.29, 1.82) is 0 Å². The predicted molar refractivity (Wildman–Crippen MR) is 88.6 cm³/mol. The molecule has 1 aromatic rings. The molecule has 0 atom stereocenters. The fourth-order valence-corrected chi connectivity index (χ4v) is 2.53. The zero-order valence-electron chi connectivity index (χ0n) is 13.9. The molecule has 1 aromatic carbocycles. The molecular weight excluding hydrogens is 296 g/mol. The number of nitrogens with zero attached hydrogens (tertiary/aromatic N) is 1. The number of anilines is 1. The number of benzene rings is 1. The Kier molecular flexibility index (Phi) is 7.16. The van der Waals surface area contributed by atoms with Crippen LogP contribution in [0.4, 0.5) is 10.5 Å². The third kappa shape index (κ3) is 6.08. The quantitative estimate of drug-likeness (QED) is 0.617. The summed E-state index contributed by atoms with van der Waals surface area (Å²) in [6.45, 7) is 1.15. The Hall–Kier alpha value is -1.79. The lowest BCUT2D eigenvalue weighted by molar-refractivity contribution is -0.0598. The highest BCUT2D eigenvalue weighted by Crippen LogP contribution is 2.20. The molecule has 23 heavy (non-hydrogen) atoms. The average molecular weight is 322 g/mol. The molecule has 0 heterocycles. The van der Waals surface area contributed by atoms with E-state index in [2.05, 4.69) is 5.32 Å². The summed E-state index contributed by atoms with van der Waals surface area (Å²) in [6, 6.07) is 6.89. The minimum absolute atomic E-state index is 0.331. The van der Waals surface area contributed by atoms with Crippen LogP contribution in [0.1, 0.15) is 32.1 Å². The number of amides is 2. The van der Waals surface area contributed by atoms with Crippen LogP contribution in [-0.2, 0) is 9.57 Å². The standard InChI is InChI=1S/C17H26N2O4/c1-19(21-2)17(20)18-14-8-10-16(11-9-14)23-13-12-22-15-6-4-3-5-7-15/h8-11,15H,3-7,12-13H2,1-2H3,(H,18,20). The molecule has 0 aromatic heterocycles. The van der Waals surface area contributed by atoms with Gasteiger partial charge in [0.1, 0.15) is 12.4 Å². The molecule has 0 radical (unpaired) electrons. The van der Waals surface area contributed by atoms with E-state index in [9.17, 15) is 4.79 Å². The molecule has 0 unspecified atom stereocenters. The second-order valence-corrected chi connectivity index (χ2v) is 5.61. The number of carbonyl (C=O) groups is 1. The van der Waals surface area contributed by atoms with Crippen molar-refractivity contribution in [2.24, 2.45) is 0 Å². The summed E-state index contributed by atoms with van der Waals surface area (Å²) in [5.41, 5.74) is 0.685. The van der Waals surface area contributed by atoms with E-state index in [1.807, 2.05) is 12.1 Å². The minimum Gasteiger partial charge on any atom is -0.491 e. The van der Waals surface area contributed by atoms with E-state index in [1.54, 1.807) is 19.2 Å². The molecule has 1 fully saturated rings. The van der Waals surface area contributed by atoms with E-state index >= 15 is 0 Å². The molecule has 6 nitrogen and oxygen atoms in total. The molecular formula is C17H26N2O4. The Labute approximate surface area is 137 Å². The summed E-state index contributed by atoms with van der Waals surface area (Å²) >= 11 is 0. The number of carbonyl (C=O) groups excluding carboxylic acids is 1. The summed E-state index contributed by atoms with van der Waals surface area (Å²) in [6.07, 6.45) is 6.63. The van der Waals surface area contributed by atoms with E-state index in [0.29, 0.717) is 25.0 Å². The Morgan fingerprint density at radius 2 is 1.87 bits per heavy atom. The summed E-state index contributed by atoms with van der Waals surface area (Å²) < 4.78 is 11.5. The minimum atomic E-state index is -0.331. The Morgan fingerprint density at radius 1 is 1.17 bits per heavy atom. The molecule has 2 rings (SSSR count). The van der Waals surface area contributed by atoms with Crippen LogP contribution in [-0.4, -0.2) is 44.6 Å². The maximum Gasteiger partial charge on any atom is 0.345 e. The zero-order valence-corrected chi connectivity index (χ0v) is 13.9. The molecule has 0 bridgehead atoms. The van der Waals surface area contributed by atoms with Gasteiger partial charge in [-0.25, -0.2) is 9.86 Å². The van der Waals surface area contributed by atoms with Crippen molar-refractivity contribution in [3.63, 3.8) is 0 Å². The first-order valence-corrected chi connectivity index (χ1v) is 8.12. The van der Waals surface area contributed by atoms with Crippen LogP contribution in [0.3, 0.4) is 0 Å². The predicted octanol–water partition coefficient (Wildman–Crippen LogP) is 3.44. The maximum absolute atomic E-state index is 11.6. The van der Waals surface area contributed by atoms with E-state index in [1.165, 1.54) is 39.2 Å². The zero-order chi connectivity index (χ0) is 16.5. The summed E-state index contributed by atoms with van der Waals surface area (Å²) in [4.78, 5) is 16.4. The number of rotatable bonds is 7. The van der Waals surface area contributed by atoms with Crippen LogP contribution in [0.15, 0.2) is 24.3 Å². The highest BCUT2D eigenvalue weighted by molar-refractivity contribution is 5.88. The summed E-state index contributed by atoms with van der Waals surface area (Å²) in [7, 11) is 2.98. The second kappa shape index (κ2) is 9.37. The van der Waals surface area contributed by atoms with Gasteiger partial charge in [-0.2, -0.15) is 0 Å². The topological polar surface area (TPSA) is 60.0 Å². The number of urea groups is 1. The molecule has 2 amide bonds. The number of nitrogens with one attached hydrogen (secondary N) is 1. The van der Waals surface area contributed by atoms with Crippen LogP contribution < -0.4 is 10.1 Å². The maximum atomic E-state index is 11.6. The van der Waals surface area contributed by atoms with E-state index in [0.717, 1.165) is 10.8 Å². The van der Waals surface area contributed by atoms with Gasteiger partial charge in [0.05, 0.1) is 19.8 Å². The largest absolute Gasteiger partial charge is 0.491 e. The molecule has 1 aliphatic carbocycles. The van der Waals surface area contributed by atoms with E-state index in [-0.39, 0.29) is 6.03 Å². The summed E-state index contributed by atoms with van der Waals surface area (Å²) in [5.74, 6) is 0.760. The number of hydroxylamine groups is 2. The lowest BCUT2D eigenvalue weighted by atomic mass is 9.98. The first-order valence-electron chi connectivity index (χ1n) is 8.12. The van der Waals surface area contributed by atoms with Crippen molar-refractivity contribution in [3.8, 4) is 5.75 Å². The first-order chi connectivity index (χ1) is 11.2. The van der Waals surface area contributed by atoms with Crippen molar-refractivity contribution < 1.29 is 19.1 Å². The van der Waals surface area contributed by atoms with Gasteiger partial charge in [-0.1, -0.05) is 19.3 Å². The highest BCUT2D eigenvalue weighted by atomic mass is 16.7. The SMILES string of the molecule is CON(C)C(=O)Nc1ccc(OCCOC2CCCCC2)cc1. The molecule has 0 aliphatic heterocycles. The number of ether oxygens (including phenoxy) is 2. The van der Waals surface area contributed by atoms with E-state index < -0.39 is 0 Å². The fraction of sp³-hybridized carbons (Fsp3) is 0.588. The average Bonchev–Trinajstić information content (AvgIpc) is 2.60. The summed E-state index contributed by atoms with van der Waals surface area (Å²) in [5, 5.41) is 3.83. The second-order valence-electron chi connectivity index (χ2n) is 5.61. The van der Waals surface area contributed by atoms with Crippen molar-refractivity contribution in [2.75, 3.05) is 32.7 Å². The third-order valence-corrected chi connectivity index (χ3v) is 3.92. The van der Waals surface area contributed by atoms with Crippen LogP contribution >= 0.6 is 0 Å². The third-order valence-electron chi connectivity index (χ3n) is 3.92. The van der Waals surface area contributed by atoms with Gasteiger partial charge in [0.15, 0.2) is 0 Å². The molecule has 1 N–H and O–H groups in total. The Morgan fingerprint density at radius 3 is 2.52 bits per heavy atom. The van der Waals surface area contributed by atoms with Crippen LogP contribution in [0.2, 0.25) is 0 Å². The van der Waals surface area contributed by atoms with Gasteiger partial charge < -0.3 is 14.8 Å². The molecule has 1 saturated carbocycles. The van der Waals surface area contributed by atoms with Gasteiger partial charge >= 0.3 is 6.03 Å². The fourth-order valence-electron chi connectivity index (χ4n) is 2.53. The van der Waals surface area contributed by atoms with Gasteiger partial charge in [-0.05, 0) is 37.1 Å². The Balaban J connectivity index is 1.67. The Bertz CT molecular complexity index is 472. The van der Waals surface area contributed by atoms with Crippen molar-refractivity contribution in [3.05, 3.63) is 24.3 Å². The van der Waals surface area contributed by atoms with Crippen LogP contribution in [0, 0.1) is 0 Å². The lowest BCUT2D eigenvalue weighted by Crippen LogP contribution is -2.30. The van der Waals surface area contributed by atoms with Crippen LogP contribution in [0.5, 0.6) is 5.75 Å².